The van der Waals surface area contributed by atoms with E-state index in [-0.39, 0.29) is 22.9 Å². The molecule has 1 amide bonds. The van der Waals surface area contributed by atoms with E-state index >= 15 is 0 Å². The van der Waals surface area contributed by atoms with E-state index in [4.69, 9.17) is 0 Å². The molecule has 23 heavy (non-hydrogen) atoms. The van der Waals surface area contributed by atoms with Gasteiger partial charge in [0.05, 0.1) is 0 Å². The van der Waals surface area contributed by atoms with Gasteiger partial charge in [-0.1, -0.05) is 29.5 Å². The van der Waals surface area contributed by atoms with Crippen LogP contribution in [0.25, 0.3) is 10.6 Å². The first-order valence-corrected chi connectivity index (χ1v) is 7.17. The van der Waals surface area contributed by atoms with Crippen molar-refractivity contribution in [3.63, 3.8) is 0 Å². The number of phenols is 2. The number of anilines is 1. The molecule has 1 heterocycles. The lowest BCUT2D eigenvalue weighted by molar-refractivity contribution is 0.102. The molecule has 0 saturated heterocycles. The molecule has 2 aromatic carbocycles. The van der Waals surface area contributed by atoms with Crippen LogP contribution in [0.15, 0.2) is 48.5 Å². The predicted octanol–water partition coefficient (Wildman–Crippen LogP) is 2.04. The lowest BCUT2D eigenvalue weighted by atomic mass is 10.2. The molecule has 0 atom stereocenters. The summed E-state index contributed by atoms with van der Waals surface area (Å²) in [5, 5.41) is 30.2. The number of phenolic OH excluding ortho intramolecular Hbond substituents is 2. The molecule has 0 bridgehead atoms. The highest BCUT2D eigenvalue weighted by Gasteiger charge is 2.12. The van der Waals surface area contributed by atoms with Gasteiger partial charge in [0.1, 0.15) is 5.01 Å². The van der Waals surface area contributed by atoms with Gasteiger partial charge in [0, 0.05) is 11.1 Å². The number of carbonyl (C=O) groups is 1. The number of nitrogens with zero attached hydrogens (tertiary/aromatic N) is 2. The smallest absolute Gasteiger partial charge is 0.257 e. The second-order valence-corrected chi connectivity index (χ2v) is 5.41. The quantitative estimate of drug-likeness (QED) is 0.633. The zero-order valence-corrected chi connectivity index (χ0v) is 12.5. The van der Waals surface area contributed by atoms with E-state index in [0.29, 0.717) is 21.3 Å². The molecule has 8 heteroatoms. The molecule has 3 aromatic rings. The molecule has 3 rings (SSSR count). The number of benzene rings is 2. The molecule has 0 unspecified atom stereocenters. The number of hydrogen-bond acceptors (Lipinski definition) is 6. The standard InChI is InChI=1S/C15H11N3O3S.H2O/c19-11-7-6-10(8-12(11)20)14-17-18-15(22-14)16-13(21)9-4-2-1-3-5-9;/h1-8,19-20H,(H,16,18,21);1H2. The highest BCUT2D eigenvalue weighted by molar-refractivity contribution is 7.18. The van der Waals surface area contributed by atoms with E-state index in [9.17, 15) is 15.0 Å². The van der Waals surface area contributed by atoms with Crippen LogP contribution in [0.3, 0.4) is 0 Å². The summed E-state index contributed by atoms with van der Waals surface area (Å²) in [7, 11) is 0. The molecule has 0 saturated carbocycles. The summed E-state index contributed by atoms with van der Waals surface area (Å²) in [5.41, 5.74) is 1.13. The van der Waals surface area contributed by atoms with Crippen LogP contribution in [0, 0.1) is 0 Å². The Hall–Kier alpha value is -2.97. The summed E-state index contributed by atoms with van der Waals surface area (Å²) in [6, 6.07) is 13.2. The number of nitrogens with one attached hydrogen (secondary N) is 1. The number of carbonyl (C=O) groups excluding carboxylic acids is 1. The van der Waals surface area contributed by atoms with Gasteiger partial charge in [0.2, 0.25) is 5.13 Å². The van der Waals surface area contributed by atoms with Gasteiger partial charge < -0.3 is 15.7 Å². The topological polar surface area (TPSA) is 127 Å². The number of amides is 1. The van der Waals surface area contributed by atoms with E-state index in [1.807, 2.05) is 6.07 Å². The summed E-state index contributed by atoms with van der Waals surface area (Å²) in [6.07, 6.45) is 0. The molecular formula is C15H13N3O4S. The fourth-order valence-electron chi connectivity index (χ4n) is 1.81. The number of hydrogen-bond donors (Lipinski definition) is 3. The maximum Gasteiger partial charge on any atom is 0.257 e. The van der Waals surface area contributed by atoms with Crippen molar-refractivity contribution < 1.29 is 20.5 Å². The second kappa shape index (κ2) is 6.86. The maximum atomic E-state index is 12.0. The lowest BCUT2D eigenvalue weighted by Gasteiger charge is -2.00. The van der Waals surface area contributed by atoms with Crippen molar-refractivity contribution in [1.29, 1.82) is 0 Å². The van der Waals surface area contributed by atoms with Crippen LogP contribution >= 0.6 is 11.3 Å². The highest BCUT2D eigenvalue weighted by Crippen LogP contribution is 2.33. The fraction of sp³-hybridized carbons (Fsp3) is 0. The Morgan fingerprint density at radius 3 is 2.43 bits per heavy atom. The SMILES string of the molecule is O.O=C(Nc1nnc(-c2ccc(O)c(O)c2)s1)c1ccccc1. The zero-order chi connectivity index (χ0) is 15.5. The Morgan fingerprint density at radius 1 is 1.00 bits per heavy atom. The van der Waals surface area contributed by atoms with Crippen LogP contribution in [-0.4, -0.2) is 31.8 Å². The number of aromatic nitrogens is 2. The Bertz CT molecular complexity index is 821. The lowest BCUT2D eigenvalue weighted by Crippen LogP contribution is -2.11. The van der Waals surface area contributed by atoms with Gasteiger partial charge in [-0.2, -0.15) is 0 Å². The molecule has 1 aromatic heterocycles. The fourth-order valence-corrected chi connectivity index (χ4v) is 2.54. The number of aromatic hydroxyl groups is 2. The third-order valence-corrected chi connectivity index (χ3v) is 3.79. The van der Waals surface area contributed by atoms with Crippen molar-refractivity contribution in [2.45, 2.75) is 0 Å². The molecule has 0 fully saturated rings. The van der Waals surface area contributed by atoms with Gasteiger partial charge >= 0.3 is 0 Å². The average molecular weight is 331 g/mol. The van der Waals surface area contributed by atoms with Gasteiger partial charge in [-0.3, -0.25) is 10.1 Å². The first kappa shape index (κ1) is 16.4. The Balaban J connectivity index is 0.00000192. The molecule has 0 aliphatic rings. The van der Waals surface area contributed by atoms with Crippen molar-refractivity contribution in [2.75, 3.05) is 5.32 Å². The second-order valence-electron chi connectivity index (χ2n) is 4.44. The molecule has 7 nitrogen and oxygen atoms in total. The first-order chi connectivity index (χ1) is 10.6. The molecule has 0 spiro atoms. The van der Waals surface area contributed by atoms with E-state index in [1.165, 1.54) is 23.5 Å². The van der Waals surface area contributed by atoms with Crippen LogP contribution < -0.4 is 5.32 Å². The minimum atomic E-state index is -0.267. The molecule has 0 aliphatic heterocycles. The molecule has 0 aliphatic carbocycles. The zero-order valence-electron chi connectivity index (χ0n) is 11.7. The first-order valence-electron chi connectivity index (χ1n) is 6.36. The molecule has 0 radical (unpaired) electrons. The average Bonchev–Trinajstić information content (AvgIpc) is 2.99. The van der Waals surface area contributed by atoms with E-state index < -0.39 is 0 Å². The normalized spacial score (nSPS) is 9.91. The van der Waals surface area contributed by atoms with E-state index in [1.54, 1.807) is 30.3 Å². The predicted molar refractivity (Wildman–Crippen MR) is 86.7 cm³/mol. The third-order valence-electron chi connectivity index (χ3n) is 2.90. The molecule has 118 valence electrons. The van der Waals surface area contributed by atoms with Crippen molar-refractivity contribution in [2.24, 2.45) is 0 Å². The maximum absolute atomic E-state index is 12.0. The largest absolute Gasteiger partial charge is 0.504 e. The molecular weight excluding hydrogens is 318 g/mol. The summed E-state index contributed by atoms with van der Waals surface area (Å²) < 4.78 is 0. The number of rotatable bonds is 3. The Kier molecular flexibility index (Phi) is 4.89. The van der Waals surface area contributed by atoms with Crippen molar-refractivity contribution in [3.05, 3.63) is 54.1 Å². The summed E-state index contributed by atoms with van der Waals surface area (Å²) in [5.74, 6) is -0.703. The van der Waals surface area contributed by atoms with E-state index in [2.05, 4.69) is 15.5 Å². The van der Waals surface area contributed by atoms with Gasteiger partial charge in [-0.15, -0.1) is 10.2 Å². The summed E-state index contributed by atoms with van der Waals surface area (Å²) >= 11 is 1.18. The van der Waals surface area contributed by atoms with Crippen molar-refractivity contribution in [3.8, 4) is 22.1 Å². The van der Waals surface area contributed by atoms with Gasteiger partial charge in [-0.25, -0.2) is 0 Å². The van der Waals surface area contributed by atoms with Crippen LogP contribution in [0.5, 0.6) is 11.5 Å². The Labute approximate surface area is 135 Å². The minimum absolute atomic E-state index is 0. The molecule has 5 N–H and O–H groups in total. The summed E-state index contributed by atoms with van der Waals surface area (Å²) in [4.78, 5) is 12.0. The van der Waals surface area contributed by atoms with Gasteiger partial charge in [-0.05, 0) is 30.3 Å². The van der Waals surface area contributed by atoms with E-state index in [0.717, 1.165) is 0 Å². The van der Waals surface area contributed by atoms with Crippen LogP contribution in [0.2, 0.25) is 0 Å². The Morgan fingerprint density at radius 2 is 1.74 bits per heavy atom. The van der Waals surface area contributed by atoms with Crippen LogP contribution in [0.4, 0.5) is 5.13 Å². The minimum Gasteiger partial charge on any atom is -0.504 e. The van der Waals surface area contributed by atoms with Gasteiger partial charge in [0.15, 0.2) is 11.5 Å². The van der Waals surface area contributed by atoms with Crippen molar-refractivity contribution >= 4 is 22.4 Å². The third kappa shape index (κ3) is 3.62. The van der Waals surface area contributed by atoms with Gasteiger partial charge in [0.25, 0.3) is 5.91 Å². The summed E-state index contributed by atoms with van der Waals surface area (Å²) in [6.45, 7) is 0. The van der Waals surface area contributed by atoms with Crippen LogP contribution in [-0.2, 0) is 0 Å². The van der Waals surface area contributed by atoms with Crippen molar-refractivity contribution in [1.82, 2.24) is 10.2 Å². The monoisotopic (exact) mass is 331 g/mol. The highest BCUT2D eigenvalue weighted by atomic mass is 32.1. The van der Waals surface area contributed by atoms with Crippen LogP contribution in [0.1, 0.15) is 10.4 Å².